The van der Waals surface area contributed by atoms with Crippen molar-refractivity contribution in [3.05, 3.63) is 29.8 Å². The monoisotopic (exact) mass is 338 g/mol. The van der Waals surface area contributed by atoms with Crippen LogP contribution in [-0.2, 0) is 6.54 Å². The van der Waals surface area contributed by atoms with Crippen molar-refractivity contribution < 1.29 is 17.9 Å². The molecular formula is C15H22ClF3N2O. The van der Waals surface area contributed by atoms with Gasteiger partial charge in [0.15, 0.2) is 0 Å². The van der Waals surface area contributed by atoms with Gasteiger partial charge < -0.3 is 10.5 Å². The van der Waals surface area contributed by atoms with Crippen LogP contribution in [0.1, 0.15) is 25.3 Å². The van der Waals surface area contributed by atoms with Crippen molar-refractivity contribution in [1.82, 2.24) is 4.90 Å². The Morgan fingerprint density at radius 1 is 1.36 bits per heavy atom. The summed E-state index contributed by atoms with van der Waals surface area (Å²) >= 11 is 0. The van der Waals surface area contributed by atoms with Gasteiger partial charge in [0.1, 0.15) is 5.75 Å². The van der Waals surface area contributed by atoms with Crippen molar-refractivity contribution in [3.8, 4) is 5.75 Å². The Hall–Kier alpha value is -0.980. The maximum absolute atomic E-state index is 12.4. The quantitative estimate of drug-likeness (QED) is 0.912. The van der Waals surface area contributed by atoms with Gasteiger partial charge in [-0.25, -0.2) is 0 Å². The zero-order chi connectivity index (χ0) is 15.5. The predicted octanol–water partition coefficient (Wildman–Crippen LogP) is 3.57. The topological polar surface area (TPSA) is 38.5 Å². The fourth-order valence-corrected chi connectivity index (χ4v) is 2.76. The highest BCUT2D eigenvalue weighted by molar-refractivity contribution is 5.85. The first-order valence-electron chi connectivity index (χ1n) is 7.17. The van der Waals surface area contributed by atoms with Crippen molar-refractivity contribution in [2.45, 2.75) is 38.7 Å². The zero-order valence-electron chi connectivity index (χ0n) is 12.5. The average Bonchev–Trinajstić information content (AvgIpc) is 2.40. The number of hydrogen-bond donors (Lipinski definition) is 1. The normalized spacial score (nSPS) is 21.0. The molecule has 1 aliphatic heterocycles. The molecule has 0 aliphatic carbocycles. The van der Waals surface area contributed by atoms with Gasteiger partial charge in [-0.1, -0.05) is 18.2 Å². The van der Waals surface area contributed by atoms with Gasteiger partial charge in [-0.3, -0.25) is 4.90 Å². The minimum atomic E-state index is -4.66. The van der Waals surface area contributed by atoms with E-state index in [4.69, 9.17) is 5.73 Å². The highest BCUT2D eigenvalue weighted by atomic mass is 35.5. The first kappa shape index (κ1) is 19.1. The summed E-state index contributed by atoms with van der Waals surface area (Å²) in [6.07, 6.45) is -2.56. The molecule has 2 rings (SSSR count). The van der Waals surface area contributed by atoms with Gasteiger partial charge in [-0.2, -0.15) is 0 Å². The molecule has 1 aromatic carbocycles. The SMILES string of the molecule is CC(N)C1CCCN(Cc2ccccc2OC(F)(F)F)C1.Cl. The van der Waals surface area contributed by atoms with E-state index >= 15 is 0 Å². The maximum Gasteiger partial charge on any atom is 0.573 e. The zero-order valence-corrected chi connectivity index (χ0v) is 13.3. The van der Waals surface area contributed by atoms with Crippen molar-refractivity contribution in [2.24, 2.45) is 11.7 Å². The number of hydrogen-bond acceptors (Lipinski definition) is 3. The van der Waals surface area contributed by atoms with Gasteiger partial charge >= 0.3 is 6.36 Å². The molecule has 1 aliphatic rings. The maximum atomic E-state index is 12.4. The molecule has 0 radical (unpaired) electrons. The lowest BCUT2D eigenvalue weighted by molar-refractivity contribution is -0.275. The van der Waals surface area contributed by atoms with E-state index < -0.39 is 6.36 Å². The standard InChI is InChI=1S/C15H21F3N2O.ClH/c1-11(19)12-6-4-8-20(9-12)10-13-5-2-3-7-14(13)21-15(16,17)18;/h2-3,5,7,11-12H,4,6,8-10,19H2,1H3;1H. The molecule has 126 valence electrons. The summed E-state index contributed by atoms with van der Waals surface area (Å²) in [6.45, 7) is 4.13. The number of halogens is 4. The third-order valence-corrected chi connectivity index (χ3v) is 3.88. The Bertz CT molecular complexity index is 468. The number of ether oxygens (including phenoxy) is 1. The lowest BCUT2D eigenvalue weighted by Crippen LogP contribution is -2.42. The van der Waals surface area contributed by atoms with Gasteiger partial charge in [0.05, 0.1) is 0 Å². The molecule has 3 nitrogen and oxygen atoms in total. The largest absolute Gasteiger partial charge is 0.573 e. The fraction of sp³-hybridized carbons (Fsp3) is 0.600. The fourth-order valence-electron chi connectivity index (χ4n) is 2.76. The van der Waals surface area contributed by atoms with Crippen LogP contribution in [0.3, 0.4) is 0 Å². The van der Waals surface area contributed by atoms with Crippen LogP contribution >= 0.6 is 12.4 Å². The van der Waals surface area contributed by atoms with Crippen LogP contribution in [0.2, 0.25) is 0 Å². The van der Waals surface area contributed by atoms with Gasteiger partial charge in [0.25, 0.3) is 0 Å². The van der Waals surface area contributed by atoms with E-state index in [1.807, 2.05) is 6.92 Å². The average molecular weight is 339 g/mol. The number of piperidine rings is 1. The second-order valence-electron chi connectivity index (χ2n) is 5.65. The highest BCUT2D eigenvalue weighted by Gasteiger charge is 2.32. The van der Waals surface area contributed by atoms with Crippen molar-refractivity contribution in [3.63, 3.8) is 0 Å². The van der Waals surface area contributed by atoms with E-state index in [-0.39, 0.29) is 24.2 Å². The number of alkyl halides is 3. The second-order valence-corrected chi connectivity index (χ2v) is 5.65. The lowest BCUT2D eigenvalue weighted by atomic mass is 9.92. The molecule has 0 amide bonds. The van der Waals surface area contributed by atoms with Crippen molar-refractivity contribution >= 4 is 12.4 Å². The van der Waals surface area contributed by atoms with Gasteiger partial charge in [-0.15, -0.1) is 25.6 Å². The number of nitrogens with zero attached hydrogens (tertiary/aromatic N) is 1. The predicted molar refractivity (Wildman–Crippen MR) is 82.0 cm³/mol. The molecule has 0 bridgehead atoms. The van der Waals surface area contributed by atoms with Crippen LogP contribution in [0.5, 0.6) is 5.75 Å². The molecular weight excluding hydrogens is 317 g/mol. The molecule has 1 heterocycles. The van der Waals surface area contributed by atoms with Gasteiger partial charge in [-0.05, 0) is 38.3 Å². The number of para-hydroxylation sites is 1. The second kappa shape index (κ2) is 8.04. The van der Waals surface area contributed by atoms with Crippen molar-refractivity contribution in [2.75, 3.05) is 13.1 Å². The van der Waals surface area contributed by atoms with E-state index in [0.29, 0.717) is 18.0 Å². The molecule has 7 heteroatoms. The number of likely N-dealkylation sites (tertiary alicyclic amines) is 1. The Balaban J connectivity index is 0.00000242. The molecule has 1 aromatic rings. The van der Waals surface area contributed by atoms with Gasteiger partial charge in [0, 0.05) is 24.7 Å². The van der Waals surface area contributed by atoms with E-state index in [2.05, 4.69) is 9.64 Å². The highest BCUT2D eigenvalue weighted by Crippen LogP contribution is 2.28. The minimum Gasteiger partial charge on any atom is -0.405 e. The summed E-state index contributed by atoms with van der Waals surface area (Å²) in [5.74, 6) is 0.280. The van der Waals surface area contributed by atoms with Gasteiger partial charge in [0.2, 0.25) is 0 Å². The van der Waals surface area contributed by atoms with Crippen LogP contribution in [-0.4, -0.2) is 30.4 Å². The number of benzene rings is 1. The molecule has 2 N–H and O–H groups in total. The van der Waals surface area contributed by atoms with E-state index in [9.17, 15) is 13.2 Å². The Morgan fingerprint density at radius 3 is 2.68 bits per heavy atom. The van der Waals surface area contributed by atoms with Crippen LogP contribution < -0.4 is 10.5 Å². The Morgan fingerprint density at radius 2 is 2.05 bits per heavy atom. The molecule has 0 saturated carbocycles. The first-order chi connectivity index (χ1) is 9.85. The Labute approximate surface area is 135 Å². The smallest absolute Gasteiger partial charge is 0.405 e. The number of nitrogens with two attached hydrogens (primary N) is 1. The van der Waals surface area contributed by atoms with Crippen LogP contribution in [0.25, 0.3) is 0 Å². The summed E-state index contributed by atoms with van der Waals surface area (Å²) in [5.41, 5.74) is 6.49. The molecule has 0 aromatic heterocycles. The summed E-state index contributed by atoms with van der Waals surface area (Å²) in [5, 5.41) is 0. The van der Waals surface area contributed by atoms with E-state index in [1.165, 1.54) is 6.07 Å². The minimum absolute atomic E-state index is 0. The number of rotatable bonds is 4. The van der Waals surface area contributed by atoms with Crippen LogP contribution in [0.15, 0.2) is 24.3 Å². The third kappa shape index (κ3) is 5.66. The Kier molecular flexibility index (Phi) is 6.97. The molecule has 1 saturated heterocycles. The molecule has 0 spiro atoms. The lowest BCUT2D eigenvalue weighted by Gasteiger charge is -2.34. The summed E-state index contributed by atoms with van der Waals surface area (Å²) in [6, 6.07) is 6.41. The van der Waals surface area contributed by atoms with Crippen molar-refractivity contribution in [1.29, 1.82) is 0 Å². The molecule has 22 heavy (non-hydrogen) atoms. The van der Waals surface area contributed by atoms with E-state index in [0.717, 1.165) is 25.9 Å². The summed E-state index contributed by atoms with van der Waals surface area (Å²) in [7, 11) is 0. The van der Waals surface area contributed by atoms with Crippen LogP contribution in [0.4, 0.5) is 13.2 Å². The first-order valence-corrected chi connectivity index (χ1v) is 7.17. The van der Waals surface area contributed by atoms with Crippen LogP contribution in [0, 0.1) is 5.92 Å². The molecule has 1 fully saturated rings. The summed E-state index contributed by atoms with van der Waals surface area (Å²) < 4.78 is 41.3. The van der Waals surface area contributed by atoms with E-state index in [1.54, 1.807) is 18.2 Å². The molecule has 2 atom stereocenters. The third-order valence-electron chi connectivity index (χ3n) is 3.88. The summed E-state index contributed by atoms with van der Waals surface area (Å²) in [4.78, 5) is 2.15. The molecule has 2 unspecified atom stereocenters.